The molecule has 1 heterocycles. The maximum Gasteiger partial charge on any atom is 0.224 e. The molecule has 0 bridgehead atoms. The van der Waals surface area contributed by atoms with Crippen LogP contribution < -0.4 is 10.6 Å². The predicted molar refractivity (Wildman–Crippen MR) is 68.6 cm³/mol. The summed E-state index contributed by atoms with van der Waals surface area (Å²) in [5.74, 6) is 0.126. The van der Waals surface area contributed by atoms with E-state index in [0.29, 0.717) is 0 Å². The largest absolute Gasteiger partial charge is 0.349 e. The van der Waals surface area contributed by atoms with Crippen LogP contribution in [0.15, 0.2) is 16.8 Å². The maximum atomic E-state index is 11.8. The fourth-order valence-electron chi connectivity index (χ4n) is 1.41. The van der Waals surface area contributed by atoms with Gasteiger partial charge in [-0.3, -0.25) is 4.79 Å². The van der Waals surface area contributed by atoms with Gasteiger partial charge in [-0.05, 0) is 35.9 Å². The van der Waals surface area contributed by atoms with Crippen LogP contribution in [-0.4, -0.2) is 19.0 Å². The third-order valence-electron chi connectivity index (χ3n) is 2.55. The molecule has 2 atom stereocenters. The van der Waals surface area contributed by atoms with Gasteiger partial charge in [-0.25, -0.2) is 0 Å². The van der Waals surface area contributed by atoms with Crippen LogP contribution in [0.2, 0.25) is 0 Å². The third-order valence-corrected chi connectivity index (χ3v) is 3.25. The Morgan fingerprint density at radius 1 is 1.50 bits per heavy atom. The highest BCUT2D eigenvalue weighted by atomic mass is 32.1. The number of hydrogen-bond acceptors (Lipinski definition) is 3. The van der Waals surface area contributed by atoms with Gasteiger partial charge in [-0.2, -0.15) is 11.3 Å². The highest BCUT2D eigenvalue weighted by Gasteiger charge is 2.15. The second-order valence-corrected chi connectivity index (χ2v) is 4.78. The van der Waals surface area contributed by atoms with Crippen LogP contribution in [0.3, 0.4) is 0 Å². The van der Waals surface area contributed by atoms with Gasteiger partial charge >= 0.3 is 0 Å². The Labute approximate surface area is 101 Å². The minimum atomic E-state index is 0.0148. The van der Waals surface area contributed by atoms with E-state index in [1.54, 1.807) is 11.3 Å². The number of carbonyl (C=O) groups excluding carboxylic acids is 1. The van der Waals surface area contributed by atoms with E-state index in [2.05, 4.69) is 16.0 Å². The van der Waals surface area contributed by atoms with E-state index in [0.717, 1.165) is 13.1 Å². The van der Waals surface area contributed by atoms with Gasteiger partial charge in [-0.1, -0.05) is 13.8 Å². The molecule has 0 saturated carbocycles. The van der Waals surface area contributed by atoms with Crippen LogP contribution >= 0.6 is 11.3 Å². The SMILES string of the molecule is CCNCC(C)C(=O)NC(C)c1ccsc1. The van der Waals surface area contributed by atoms with Gasteiger partial charge in [-0.15, -0.1) is 0 Å². The molecule has 1 aromatic heterocycles. The molecule has 3 nitrogen and oxygen atoms in total. The van der Waals surface area contributed by atoms with Crippen molar-refractivity contribution in [1.82, 2.24) is 10.6 Å². The first-order valence-electron chi connectivity index (χ1n) is 5.68. The standard InChI is InChI=1S/C12H20N2OS/c1-4-13-7-9(2)12(15)14-10(3)11-5-6-16-8-11/h5-6,8-10,13H,4,7H2,1-3H3,(H,14,15). The molecule has 90 valence electrons. The summed E-state index contributed by atoms with van der Waals surface area (Å²) in [6.07, 6.45) is 0. The maximum absolute atomic E-state index is 11.8. The van der Waals surface area contributed by atoms with E-state index in [9.17, 15) is 4.79 Å². The number of thiophene rings is 1. The highest BCUT2D eigenvalue weighted by molar-refractivity contribution is 7.07. The molecular formula is C12H20N2OS. The minimum absolute atomic E-state index is 0.0148. The predicted octanol–water partition coefficient (Wildman–Crippen LogP) is 2.17. The average molecular weight is 240 g/mol. The van der Waals surface area contributed by atoms with Gasteiger partial charge in [0, 0.05) is 12.5 Å². The summed E-state index contributed by atoms with van der Waals surface area (Å²) < 4.78 is 0. The van der Waals surface area contributed by atoms with Crippen molar-refractivity contribution in [1.29, 1.82) is 0 Å². The van der Waals surface area contributed by atoms with Gasteiger partial charge in [0.2, 0.25) is 5.91 Å². The summed E-state index contributed by atoms with van der Waals surface area (Å²) in [4.78, 5) is 11.8. The highest BCUT2D eigenvalue weighted by Crippen LogP contribution is 2.15. The molecule has 16 heavy (non-hydrogen) atoms. The normalized spacial score (nSPS) is 14.4. The van der Waals surface area contributed by atoms with Crippen molar-refractivity contribution in [3.63, 3.8) is 0 Å². The summed E-state index contributed by atoms with van der Waals surface area (Å²) in [5.41, 5.74) is 1.18. The summed E-state index contributed by atoms with van der Waals surface area (Å²) in [7, 11) is 0. The van der Waals surface area contributed by atoms with Crippen molar-refractivity contribution in [2.24, 2.45) is 5.92 Å². The first kappa shape index (κ1) is 13.2. The zero-order valence-electron chi connectivity index (χ0n) is 10.1. The lowest BCUT2D eigenvalue weighted by Crippen LogP contribution is -2.36. The number of nitrogens with one attached hydrogen (secondary N) is 2. The Morgan fingerprint density at radius 2 is 2.25 bits per heavy atom. The monoisotopic (exact) mass is 240 g/mol. The lowest BCUT2D eigenvalue weighted by Gasteiger charge is -2.17. The second kappa shape index (κ2) is 6.66. The van der Waals surface area contributed by atoms with E-state index in [-0.39, 0.29) is 17.9 Å². The van der Waals surface area contributed by atoms with Crippen LogP contribution in [0.5, 0.6) is 0 Å². The Balaban J connectivity index is 2.39. The quantitative estimate of drug-likeness (QED) is 0.800. The van der Waals surface area contributed by atoms with E-state index in [4.69, 9.17) is 0 Å². The Bertz CT molecular complexity index is 311. The van der Waals surface area contributed by atoms with Crippen molar-refractivity contribution in [3.8, 4) is 0 Å². The Hall–Kier alpha value is -0.870. The van der Waals surface area contributed by atoms with Crippen molar-refractivity contribution >= 4 is 17.2 Å². The molecule has 1 amide bonds. The van der Waals surface area contributed by atoms with Crippen LogP contribution in [0, 0.1) is 5.92 Å². The van der Waals surface area contributed by atoms with E-state index in [1.165, 1.54) is 5.56 Å². The van der Waals surface area contributed by atoms with Gasteiger partial charge < -0.3 is 10.6 Å². The molecule has 4 heteroatoms. The fourth-order valence-corrected chi connectivity index (χ4v) is 2.17. The Morgan fingerprint density at radius 3 is 2.81 bits per heavy atom. The van der Waals surface area contributed by atoms with Gasteiger partial charge in [0.25, 0.3) is 0 Å². The van der Waals surface area contributed by atoms with Crippen LogP contribution in [0.4, 0.5) is 0 Å². The number of amides is 1. The number of carbonyl (C=O) groups is 1. The van der Waals surface area contributed by atoms with E-state index >= 15 is 0 Å². The second-order valence-electron chi connectivity index (χ2n) is 4.00. The molecule has 0 fully saturated rings. The van der Waals surface area contributed by atoms with Crippen LogP contribution in [-0.2, 0) is 4.79 Å². The van der Waals surface area contributed by atoms with Crippen molar-refractivity contribution in [3.05, 3.63) is 22.4 Å². The van der Waals surface area contributed by atoms with Crippen molar-refractivity contribution in [2.45, 2.75) is 26.8 Å². The smallest absolute Gasteiger partial charge is 0.224 e. The van der Waals surface area contributed by atoms with E-state index < -0.39 is 0 Å². The molecule has 2 N–H and O–H groups in total. The topological polar surface area (TPSA) is 41.1 Å². The van der Waals surface area contributed by atoms with E-state index in [1.807, 2.05) is 32.2 Å². The van der Waals surface area contributed by atoms with Gasteiger partial charge in [0.05, 0.1) is 6.04 Å². The molecule has 2 unspecified atom stereocenters. The first-order chi connectivity index (χ1) is 7.65. The van der Waals surface area contributed by atoms with Crippen molar-refractivity contribution in [2.75, 3.05) is 13.1 Å². The molecule has 0 aliphatic heterocycles. The summed E-state index contributed by atoms with van der Waals surface area (Å²) >= 11 is 1.65. The molecule has 0 radical (unpaired) electrons. The summed E-state index contributed by atoms with van der Waals surface area (Å²) in [6, 6.07) is 2.15. The van der Waals surface area contributed by atoms with Gasteiger partial charge in [0.15, 0.2) is 0 Å². The summed E-state index contributed by atoms with van der Waals surface area (Å²) in [6.45, 7) is 7.63. The fraction of sp³-hybridized carbons (Fsp3) is 0.583. The lowest BCUT2D eigenvalue weighted by molar-refractivity contribution is -0.125. The van der Waals surface area contributed by atoms with Gasteiger partial charge in [0.1, 0.15) is 0 Å². The van der Waals surface area contributed by atoms with Crippen LogP contribution in [0.1, 0.15) is 32.4 Å². The number of rotatable bonds is 6. The Kier molecular flexibility index (Phi) is 5.49. The summed E-state index contributed by atoms with van der Waals surface area (Å²) in [5, 5.41) is 10.3. The zero-order chi connectivity index (χ0) is 12.0. The molecule has 1 rings (SSSR count). The molecular weight excluding hydrogens is 220 g/mol. The third kappa shape index (κ3) is 3.94. The number of hydrogen-bond donors (Lipinski definition) is 2. The molecule has 0 spiro atoms. The molecule has 0 aliphatic rings. The molecule has 0 aromatic carbocycles. The molecule has 0 aliphatic carbocycles. The first-order valence-corrected chi connectivity index (χ1v) is 6.62. The zero-order valence-corrected chi connectivity index (χ0v) is 10.9. The minimum Gasteiger partial charge on any atom is -0.349 e. The van der Waals surface area contributed by atoms with Crippen molar-refractivity contribution < 1.29 is 4.79 Å². The molecule has 1 aromatic rings. The van der Waals surface area contributed by atoms with Crippen LogP contribution in [0.25, 0.3) is 0 Å². The molecule has 0 saturated heterocycles. The average Bonchev–Trinajstić information content (AvgIpc) is 2.79. The lowest BCUT2D eigenvalue weighted by atomic mass is 10.1.